The van der Waals surface area contributed by atoms with Crippen molar-refractivity contribution in [3.05, 3.63) is 34.9 Å². The Morgan fingerprint density at radius 1 is 1.44 bits per heavy atom. The average Bonchev–Trinajstić information content (AvgIpc) is 3.13. The number of hydrogen-bond acceptors (Lipinski definition) is 2. The summed E-state index contributed by atoms with van der Waals surface area (Å²) in [6, 6.07) is 8.20. The summed E-state index contributed by atoms with van der Waals surface area (Å²) < 4.78 is 0. The minimum atomic E-state index is -0.0490. The highest BCUT2D eigenvalue weighted by Crippen LogP contribution is 2.22. The maximum Gasteiger partial charge on any atom is 0.221 e. The van der Waals surface area contributed by atoms with Crippen LogP contribution in [-0.4, -0.2) is 18.5 Å². The molecule has 98 valence electrons. The third kappa shape index (κ3) is 4.00. The summed E-state index contributed by atoms with van der Waals surface area (Å²) in [5.41, 5.74) is 0.961. The molecule has 4 heteroatoms. The summed E-state index contributed by atoms with van der Waals surface area (Å²) in [6.07, 6.45) is 3.01. The van der Waals surface area contributed by atoms with Crippen LogP contribution in [0.3, 0.4) is 0 Å². The number of amides is 1. The quantitative estimate of drug-likeness (QED) is 0.831. The van der Waals surface area contributed by atoms with E-state index in [1.807, 2.05) is 31.2 Å². The molecule has 1 aliphatic rings. The van der Waals surface area contributed by atoms with Crippen LogP contribution in [0.2, 0.25) is 5.02 Å². The van der Waals surface area contributed by atoms with Gasteiger partial charge in [0.25, 0.3) is 0 Å². The molecule has 0 aliphatic heterocycles. The van der Waals surface area contributed by atoms with Crippen molar-refractivity contribution in [2.45, 2.75) is 38.3 Å². The highest BCUT2D eigenvalue weighted by molar-refractivity contribution is 6.31. The Morgan fingerprint density at radius 2 is 2.17 bits per heavy atom. The molecule has 0 saturated heterocycles. The van der Waals surface area contributed by atoms with Crippen LogP contribution in [0.1, 0.15) is 37.8 Å². The lowest BCUT2D eigenvalue weighted by Gasteiger charge is -2.15. The zero-order valence-electron chi connectivity index (χ0n) is 10.6. The number of halogens is 1. The lowest BCUT2D eigenvalue weighted by molar-refractivity contribution is -0.121. The summed E-state index contributed by atoms with van der Waals surface area (Å²) >= 11 is 6.09. The van der Waals surface area contributed by atoms with E-state index < -0.39 is 0 Å². The molecule has 0 aromatic heterocycles. The molecule has 1 amide bonds. The SMILES string of the molecule is CC(NC(=O)CCNC1CC1)c1ccccc1Cl. The van der Waals surface area contributed by atoms with Gasteiger partial charge in [-0.05, 0) is 31.4 Å². The number of nitrogens with one attached hydrogen (secondary N) is 2. The van der Waals surface area contributed by atoms with Gasteiger partial charge in [-0.1, -0.05) is 29.8 Å². The molecular weight excluding hydrogens is 248 g/mol. The third-order valence-corrected chi connectivity index (χ3v) is 3.46. The number of rotatable bonds is 6. The third-order valence-electron chi connectivity index (χ3n) is 3.11. The molecule has 1 atom stereocenters. The van der Waals surface area contributed by atoms with E-state index in [1.54, 1.807) is 0 Å². The van der Waals surface area contributed by atoms with Gasteiger partial charge in [-0.2, -0.15) is 0 Å². The standard InChI is InChI=1S/C14H19ClN2O/c1-10(12-4-2-3-5-13(12)15)17-14(18)8-9-16-11-6-7-11/h2-5,10-11,16H,6-9H2,1H3,(H,17,18). The zero-order valence-corrected chi connectivity index (χ0v) is 11.3. The monoisotopic (exact) mass is 266 g/mol. The molecule has 1 saturated carbocycles. The number of carbonyl (C=O) groups excluding carboxylic acids is 1. The zero-order chi connectivity index (χ0) is 13.0. The van der Waals surface area contributed by atoms with Crippen molar-refractivity contribution in [3.63, 3.8) is 0 Å². The summed E-state index contributed by atoms with van der Waals surface area (Å²) in [5.74, 6) is 0.0653. The van der Waals surface area contributed by atoms with Crippen molar-refractivity contribution >= 4 is 17.5 Å². The Hall–Kier alpha value is -1.06. The van der Waals surface area contributed by atoms with Gasteiger partial charge in [0.2, 0.25) is 5.91 Å². The molecule has 1 fully saturated rings. The maximum atomic E-state index is 11.7. The lowest BCUT2D eigenvalue weighted by atomic mass is 10.1. The molecule has 1 unspecified atom stereocenters. The molecule has 1 aromatic rings. The smallest absolute Gasteiger partial charge is 0.221 e. The van der Waals surface area contributed by atoms with Crippen molar-refractivity contribution in [1.29, 1.82) is 0 Å². The van der Waals surface area contributed by atoms with E-state index in [0.29, 0.717) is 17.5 Å². The molecule has 0 heterocycles. The molecule has 0 radical (unpaired) electrons. The van der Waals surface area contributed by atoms with Crippen LogP contribution in [0, 0.1) is 0 Å². The van der Waals surface area contributed by atoms with Crippen molar-refractivity contribution < 1.29 is 4.79 Å². The highest BCUT2D eigenvalue weighted by atomic mass is 35.5. The molecule has 2 rings (SSSR count). The van der Waals surface area contributed by atoms with E-state index in [9.17, 15) is 4.79 Å². The molecule has 18 heavy (non-hydrogen) atoms. The van der Waals surface area contributed by atoms with Crippen LogP contribution >= 0.6 is 11.6 Å². The fourth-order valence-corrected chi connectivity index (χ4v) is 2.19. The predicted octanol–water partition coefficient (Wildman–Crippen LogP) is 2.66. The van der Waals surface area contributed by atoms with Crippen LogP contribution in [0.4, 0.5) is 0 Å². The molecule has 3 nitrogen and oxygen atoms in total. The van der Waals surface area contributed by atoms with Crippen LogP contribution < -0.4 is 10.6 Å². The van der Waals surface area contributed by atoms with Gasteiger partial charge in [0.05, 0.1) is 6.04 Å². The van der Waals surface area contributed by atoms with Gasteiger partial charge in [0, 0.05) is 24.0 Å². The van der Waals surface area contributed by atoms with Crippen LogP contribution in [0.25, 0.3) is 0 Å². The second-order valence-electron chi connectivity index (χ2n) is 4.79. The Kier molecular flexibility index (Phi) is 4.61. The first-order chi connectivity index (χ1) is 8.66. The first-order valence-electron chi connectivity index (χ1n) is 6.44. The fraction of sp³-hybridized carbons (Fsp3) is 0.500. The summed E-state index contributed by atoms with van der Waals surface area (Å²) in [4.78, 5) is 11.7. The van der Waals surface area contributed by atoms with Crippen LogP contribution in [-0.2, 0) is 4.79 Å². The number of hydrogen-bond donors (Lipinski definition) is 2. The Morgan fingerprint density at radius 3 is 2.83 bits per heavy atom. The van der Waals surface area contributed by atoms with E-state index in [1.165, 1.54) is 12.8 Å². The number of benzene rings is 1. The van der Waals surface area contributed by atoms with E-state index in [4.69, 9.17) is 11.6 Å². The van der Waals surface area contributed by atoms with Gasteiger partial charge < -0.3 is 10.6 Å². The van der Waals surface area contributed by atoms with Crippen molar-refractivity contribution in [2.24, 2.45) is 0 Å². The Labute approximate surface area is 113 Å². The van der Waals surface area contributed by atoms with Crippen LogP contribution in [0.15, 0.2) is 24.3 Å². The number of carbonyl (C=O) groups is 1. The highest BCUT2D eigenvalue weighted by Gasteiger charge is 2.20. The second kappa shape index (κ2) is 6.21. The average molecular weight is 267 g/mol. The van der Waals surface area contributed by atoms with Gasteiger partial charge in [-0.15, -0.1) is 0 Å². The van der Waals surface area contributed by atoms with Gasteiger partial charge in [0.15, 0.2) is 0 Å². The van der Waals surface area contributed by atoms with Gasteiger partial charge in [-0.3, -0.25) is 4.79 Å². The first-order valence-corrected chi connectivity index (χ1v) is 6.82. The minimum absolute atomic E-state index is 0.0490. The fourth-order valence-electron chi connectivity index (χ4n) is 1.89. The maximum absolute atomic E-state index is 11.7. The first kappa shape index (κ1) is 13.4. The Bertz CT molecular complexity index is 418. The van der Waals surface area contributed by atoms with Crippen molar-refractivity contribution in [1.82, 2.24) is 10.6 Å². The normalized spacial score (nSPS) is 16.3. The Balaban J connectivity index is 1.77. The summed E-state index contributed by atoms with van der Waals surface area (Å²) in [6.45, 7) is 2.71. The van der Waals surface area contributed by atoms with Crippen molar-refractivity contribution in [2.75, 3.05) is 6.54 Å². The van der Waals surface area contributed by atoms with Gasteiger partial charge in [0.1, 0.15) is 0 Å². The van der Waals surface area contributed by atoms with E-state index in [0.717, 1.165) is 12.1 Å². The van der Waals surface area contributed by atoms with Crippen LogP contribution in [0.5, 0.6) is 0 Å². The lowest BCUT2D eigenvalue weighted by Crippen LogP contribution is -2.30. The van der Waals surface area contributed by atoms with E-state index in [2.05, 4.69) is 10.6 Å². The summed E-state index contributed by atoms with van der Waals surface area (Å²) in [5, 5.41) is 6.99. The molecule has 2 N–H and O–H groups in total. The topological polar surface area (TPSA) is 41.1 Å². The molecular formula is C14H19ClN2O. The van der Waals surface area contributed by atoms with Crippen molar-refractivity contribution in [3.8, 4) is 0 Å². The van der Waals surface area contributed by atoms with E-state index >= 15 is 0 Å². The summed E-state index contributed by atoms with van der Waals surface area (Å²) in [7, 11) is 0. The van der Waals surface area contributed by atoms with Gasteiger partial charge in [-0.25, -0.2) is 0 Å². The largest absolute Gasteiger partial charge is 0.349 e. The van der Waals surface area contributed by atoms with E-state index in [-0.39, 0.29) is 11.9 Å². The molecule has 0 spiro atoms. The second-order valence-corrected chi connectivity index (χ2v) is 5.20. The van der Waals surface area contributed by atoms with Gasteiger partial charge >= 0.3 is 0 Å². The predicted molar refractivity (Wildman–Crippen MR) is 73.7 cm³/mol. The molecule has 0 bridgehead atoms. The molecule has 1 aromatic carbocycles. The minimum Gasteiger partial charge on any atom is -0.349 e. The molecule has 1 aliphatic carbocycles.